The topological polar surface area (TPSA) is 61.2 Å². The van der Waals surface area contributed by atoms with Crippen LogP contribution in [0, 0.1) is 6.92 Å². The molecule has 0 aliphatic heterocycles. The number of fused-ring (bicyclic) bond motifs is 1. The van der Waals surface area contributed by atoms with E-state index in [1.807, 2.05) is 24.3 Å². The molecule has 0 bridgehead atoms. The maximum Gasteiger partial charge on any atom is 0.262 e. The van der Waals surface area contributed by atoms with Crippen molar-refractivity contribution in [2.24, 2.45) is 0 Å². The molecule has 118 valence electrons. The highest BCUT2D eigenvalue weighted by atomic mass is 32.1. The molecule has 5 nitrogen and oxygen atoms in total. The smallest absolute Gasteiger partial charge is 0.262 e. The van der Waals surface area contributed by atoms with E-state index < -0.39 is 0 Å². The fourth-order valence-electron chi connectivity index (χ4n) is 2.54. The van der Waals surface area contributed by atoms with E-state index in [1.54, 1.807) is 18.6 Å². The van der Waals surface area contributed by atoms with Crippen molar-refractivity contribution >= 4 is 27.3 Å². The van der Waals surface area contributed by atoms with E-state index in [4.69, 9.17) is 4.74 Å². The first-order valence-electron chi connectivity index (χ1n) is 7.13. The molecule has 3 rings (SSSR count). The predicted octanol–water partition coefficient (Wildman–Crippen LogP) is 3.03. The van der Waals surface area contributed by atoms with Crippen LogP contribution in [0.5, 0.6) is 5.75 Å². The van der Waals surface area contributed by atoms with Crippen molar-refractivity contribution in [1.29, 1.82) is 0 Å². The van der Waals surface area contributed by atoms with Gasteiger partial charge in [0.15, 0.2) is 5.78 Å². The molecular formula is C17H16N2O3S. The van der Waals surface area contributed by atoms with Gasteiger partial charge in [0.05, 0.1) is 30.2 Å². The van der Waals surface area contributed by atoms with Gasteiger partial charge in [-0.05, 0) is 37.1 Å². The summed E-state index contributed by atoms with van der Waals surface area (Å²) in [6.45, 7) is 3.74. The lowest BCUT2D eigenvalue weighted by Gasteiger charge is -2.06. The van der Waals surface area contributed by atoms with Crippen molar-refractivity contribution < 1.29 is 9.53 Å². The number of rotatable bonds is 4. The van der Waals surface area contributed by atoms with Crippen molar-refractivity contribution in [3.63, 3.8) is 0 Å². The molecule has 2 aromatic heterocycles. The third-order valence-electron chi connectivity index (χ3n) is 3.75. The molecule has 0 unspecified atom stereocenters. The lowest BCUT2D eigenvalue weighted by atomic mass is 10.1. The van der Waals surface area contributed by atoms with Crippen molar-refractivity contribution in [3.8, 4) is 5.75 Å². The van der Waals surface area contributed by atoms with Gasteiger partial charge in [0.25, 0.3) is 5.56 Å². The van der Waals surface area contributed by atoms with Crippen LogP contribution in [-0.4, -0.2) is 22.4 Å². The summed E-state index contributed by atoms with van der Waals surface area (Å²) in [7, 11) is 1.61. The fourth-order valence-corrected chi connectivity index (χ4v) is 3.57. The van der Waals surface area contributed by atoms with Gasteiger partial charge in [-0.2, -0.15) is 0 Å². The fraction of sp³-hybridized carbons (Fsp3) is 0.235. The Morgan fingerprint density at radius 1 is 1.30 bits per heavy atom. The first kappa shape index (κ1) is 15.4. The first-order valence-corrected chi connectivity index (χ1v) is 7.95. The second-order valence-corrected chi connectivity index (χ2v) is 6.32. The highest BCUT2D eigenvalue weighted by Crippen LogP contribution is 2.27. The Kier molecular flexibility index (Phi) is 4.00. The zero-order chi connectivity index (χ0) is 16.6. The average Bonchev–Trinajstić information content (AvgIpc) is 2.89. The number of aryl methyl sites for hydroxylation is 1. The number of ketones is 1. The van der Waals surface area contributed by atoms with Crippen molar-refractivity contribution in [2.75, 3.05) is 7.11 Å². The zero-order valence-electron chi connectivity index (χ0n) is 13.1. The van der Waals surface area contributed by atoms with Crippen LogP contribution < -0.4 is 10.3 Å². The maximum atomic E-state index is 12.7. The number of thiophene rings is 1. The van der Waals surface area contributed by atoms with Crippen LogP contribution in [0.1, 0.15) is 27.7 Å². The van der Waals surface area contributed by atoms with Gasteiger partial charge in [0.2, 0.25) is 0 Å². The minimum absolute atomic E-state index is 0.0356. The molecule has 0 aliphatic rings. The Morgan fingerprint density at radius 2 is 2.00 bits per heavy atom. The standard InChI is InChI=1S/C17H16N2O3S/c1-10-14-16(23-15(10)11(2)20)18-9-19(17(14)21)8-12-4-6-13(22-3)7-5-12/h4-7,9H,8H2,1-3H3. The number of carbonyl (C=O) groups is 1. The van der Waals surface area contributed by atoms with Gasteiger partial charge >= 0.3 is 0 Å². The molecule has 0 spiro atoms. The number of methoxy groups -OCH3 is 1. The van der Waals surface area contributed by atoms with Crippen molar-refractivity contribution in [1.82, 2.24) is 9.55 Å². The van der Waals surface area contributed by atoms with Crippen LogP contribution in [0.15, 0.2) is 35.4 Å². The van der Waals surface area contributed by atoms with E-state index in [0.717, 1.165) is 16.9 Å². The molecule has 0 atom stereocenters. The van der Waals surface area contributed by atoms with Crippen LogP contribution in [0.3, 0.4) is 0 Å². The molecule has 1 aromatic carbocycles. The summed E-state index contributed by atoms with van der Waals surface area (Å²) >= 11 is 1.28. The Balaban J connectivity index is 2.04. The SMILES string of the molecule is COc1ccc(Cn2cnc3sc(C(C)=O)c(C)c3c2=O)cc1. The van der Waals surface area contributed by atoms with Gasteiger partial charge in [-0.3, -0.25) is 14.2 Å². The minimum Gasteiger partial charge on any atom is -0.497 e. The van der Waals surface area contributed by atoms with Gasteiger partial charge in [-0.15, -0.1) is 11.3 Å². The molecule has 23 heavy (non-hydrogen) atoms. The Morgan fingerprint density at radius 3 is 2.61 bits per heavy atom. The number of aromatic nitrogens is 2. The molecule has 2 heterocycles. The Bertz CT molecular complexity index is 939. The number of nitrogens with zero attached hydrogens (tertiary/aromatic N) is 2. The van der Waals surface area contributed by atoms with Crippen LogP contribution >= 0.6 is 11.3 Å². The molecule has 6 heteroatoms. The van der Waals surface area contributed by atoms with Gasteiger partial charge in [0.1, 0.15) is 10.6 Å². The zero-order valence-corrected chi connectivity index (χ0v) is 13.9. The monoisotopic (exact) mass is 328 g/mol. The molecule has 0 amide bonds. The lowest BCUT2D eigenvalue weighted by Crippen LogP contribution is -2.21. The molecule has 0 saturated heterocycles. The second kappa shape index (κ2) is 5.96. The molecule has 0 aliphatic carbocycles. The number of Topliss-reactive ketones (excluding diaryl/α,β-unsaturated/α-hetero) is 1. The van der Waals surface area contributed by atoms with Crippen LogP contribution in [0.2, 0.25) is 0 Å². The second-order valence-electron chi connectivity index (χ2n) is 5.32. The molecule has 0 fully saturated rings. The number of hydrogen-bond donors (Lipinski definition) is 0. The largest absolute Gasteiger partial charge is 0.497 e. The average molecular weight is 328 g/mol. The molecular weight excluding hydrogens is 312 g/mol. The third kappa shape index (κ3) is 2.77. The van der Waals surface area contributed by atoms with Crippen LogP contribution in [0.4, 0.5) is 0 Å². The van der Waals surface area contributed by atoms with Crippen LogP contribution in [-0.2, 0) is 6.54 Å². The van der Waals surface area contributed by atoms with Crippen molar-refractivity contribution in [3.05, 3.63) is 57.0 Å². The quantitative estimate of drug-likeness (QED) is 0.691. The van der Waals surface area contributed by atoms with Gasteiger partial charge in [-0.1, -0.05) is 12.1 Å². The Labute approximate surface area is 137 Å². The number of carbonyl (C=O) groups excluding carboxylic acids is 1. The number of ether oxygens (including phenoxy) is 1. The summed E-state index contributed by atoms with van der Waals surface area (Å²) in [5, 5.41) is 0.538. The van der Waals surface area contributed by atoms with Crippen molar-refractivity contribution in [2.45, 2.75) is 20.4 Å². The third-order valence-corrected chi connectivity index (χ3v) is 5.05. The van der Waals surface area contributed by atoms with Gasteiger partial charge in [-0.25, -0.2) is 4.98 Å². The molecule has 0 radical (unpaired) electrons. The van der Waals surface area contributed by atoms with E-state index >= 15 is 0 Å². The highest BCUT2D eigenvalue weighted by molar-refractivity contribution is 7.20. The minimum atomic E-state index is -0.118. The molecule has 0 N–H and O–H groups in total. The molecule has 0 saturated carbocycles. The number of hydrogen-bond acceptors (Lipinski definition) is 5. The van der Waals surface area contributed by atoms with Crippen LogP contribution in [0.25, 0.3) is 10.2 Å². The van der Waals surface area contributed by atoms with E-state index in [2.05, 4.69) is 4.98 Å². The van der Waals surface area contributed by atoms with E-state index in [9.17, 15) is 9.59 Å². The normalized spacial score (nSPS) is 10.9. The maximum absolute atomic E-state index is 12.7. The summed E-state index contributed by atoms with van der Waals surface area (Å²) in [4.78, 5) is 29.9. The van der Waals surface area contributed by atoms with Gasteiger partial charge in [0, 0.05) is 0 Å². The first-order chi connectivity index (χ1) is 11.0. The predicted molar refractivity (Wildman–Crippen MR) is 90.7 cm³/mol. The van der Waals surface area contributed by atoms with Gasteiger partial charge < -0.3 is 4.74 Å². The molecule has 3 aromatic rings. The van der Waals surface area contributed by atoms with E-state index in [-0.39, 0.29) is 11.3 Å². The lowest BCUT2D eigenvalue weighted by molar-refractivity contribution is 0.102. The highest BCUT2D eigenvalue weighted by Gasteiger charge is 2.16. The summed E-state index contributed by atoms with van der Waals surface area (Å²) in [5.41, 5.74) is 1.58. The summed E-state index contributed by atoms with van der Waals surface area (Å²) in [6.07, 6.45) is 1.54. The summed E-state index contributed by atoms with van der Waals surface area (Å²) < 4.78 is 6.69. The summed E-state index contributed by atoms with van der Waals surface area (Å²) in [6, 6.07) is 7.54. The summed E-state index contributed by atoms with van der Waals surface area (Å²) in [5.74, 6) is 0.737. The Hall–Kier alpha value is -2.47. The van der Waals surface area contributed by atoms with E-state index in [0.29, 0.717) is 21.6 Å². The van der Waals surface area contributed by atoms with E-state index in [1.165, 1.54) is 24.6 Å². The number of benzene rings is 1.